The minimum Gasteiger partial charge on any atom is -0.313 e. The first-order valence-corrected chi connectivity index (χ1v) is 9.13. The van der Waals surface area contributed by atoms with Gasteiger partial charge in [0.15, 0.2) is 0 Å². The van der Waals surface area contributed by atoms with Crippen LogP contribution in [0.5, 0.6) is 0 Å². The van der Waals surface area contributed by atoms with Gasteiger partial charge in [-0.1, -0.05) is 40.5 Å². The molecule has 1 aliphatic heterocycles. The molecule has 0 aromatic heterocycles. The summed E-state index contributed by atoms with van der Waals surface area (Å²) in [6.45, 7) is 13.3. The van der Waals surface area contributed by atoms with Crippen molar-refractivity contribution in [3.63, 3.8) is 0 Å². The van der Waals surface area contributed by atoms with Gasteiger partial charge in [0.2, 0.25) is 0 Å². The quantitative estimate of drug-likeness (QED) is 0.821. The van der Waals surface area contributed by atoms with Gasteiger partial charge in [-0.25, -0.2) is 0 Å². The Bertz CT molecular complexity index is 271. The van der Waals surface area contributed by atoms with Crippen LogP contribution in [-0.4, -0.2) is 36.6 Å². The minimum absolute atomic E-state index is 0.724. The molecule has 2 rings (SSSR count). The van der Waals surface area contributed by atoms with E-state index in [-0.39, 0.29) is 0 Å². The van der Waals surface area contributed by atoms with Crippen molar-refractivity contribution >= 4 is 0 Å². The summed E-state index contributed by atoms with van der Waals surface area (Å²) in [6.07, 6.45) is 8.47. The number of rotatable bonds is 5. The fraction of sp³-hybridized carbons (Fsp3) is 1.00. The number of piperidine rings is 1. The van der Waals surface area contributed by atoms with Crippen molar-refractivity contribution in [2.24, 2.45) is 17.8 Å². The van der Waals surface area contributed by atoms with Crippen LogP contribution in [-0.2, 0) is 0 Å². The van der Waals surface area contributed by atoms with E-state index in [1.54, 1.807) is 0 Å². The molecule has 4 unspecified atom stereocenters. The largest absolute Gasteiger partial charge is 0.313 e. The molecule has 0 radical (unpaired) electrons. The third kappa shape index (κ3) is 3.98. The molecule has 4 atom stereocenters. The molecule has 1 saturated carbocycles. The lowest BCUT2D eigenvalue weighted by Crippen LogP contribution is -2.58. The van der Waals surface area contributed by atoms with Crippen molar-refractivity contribution in [1.82, 2.24) is 10.2 Å². The van der Waals surface area contributed by atoms with E-state index in [2.05, 4.69) is 37.9 Å². The van der Waals surface area contributed by atoms with E-state index in [1.807, 2.05) is 0 Å². The number of likely N-dealkylation sites (tertiary alicyclic amines) is 1. The second kappa shape index (κ2) is 7.79. The van der Waals surface area contributed by atoms with Crippen LogP contribution in [0.4, 0.5) is 0 Å². The van der Waals surface area contributed by atoms with Gasteiger partial charge in [0.25, 0.3) is 0 Å². The van der Waals surface area contributed by atoms with Crippen molar-refractivity contribution in [2.45, 2.75) is 78.3 Å². The number of hydrogen-bond donors (Lipinski definition) is 1. The zero-order valence-corrected chi connectivity index (χ0v) is 14.2. The highest BCUT2D eigenvalue weighted by molar-refractivity contribution is 4.95. The monoisotopic (exact) mass is 280 g/mol. The summed E-state index contributed by atoms with van der Waals surface area (Å²) in [7, 11) is 0. The first kappa shape index (κ1) is 16.3. The van der Waals surface area contributed by atoms with Crippen molar-refractivity contribution in [3.8, 4) is 0 Å². The van der Waals surface area contributed by atoms with E-state index in [0.717, 1.165) is 36.4 Å². The average molecular weight is 281 g/mol. The first-order valence-electron chi connectivity index (χ1n) is 9.13. The molecule has 2 fully saturated rings. The molecule has 2 aliphatic rings. The van der Waals surface area contributed by atoms with E-state index in [0.29, 0.717) is 0 Å². The van der Waals surface area contributed by atoms with Crippen LogP contribution in [0.25, 0.3) is 0 Å². The molecule has 0 aromatic rings. The van der Waals surface area contributed by atoms with Crippen LogP contribution < -0.4 is 5.32 Å². The van der Waals surface area contributed by atoms with Gasteiger partial charge in [0, 0.05) is 12.1 Å². The third-order valence-electron chi connectivity index (χ3n) is 5.66. The molecule has 1 aliphatic carbocycles. The summed E-state index contributed by atoms with van der Waals surface area (Å²) in [4.78, 5) is 2.83. The summed E-state index contributed by atoms with van der Waals surface area (Å²) >= 11 is 0. The second-order valence-corrected chi connectivity index (χ2v) is 7.48. The topological polar surface area (TPSA) is 15.3 Å². The van der Waals surface area contributed by atoms with Gasteiger partial charge in [-0.2, -0.15) is 0 Å². The normalized spacial score (nSPS) is 37.2. The maximum atomic E-state index is 3.79. The Balaban J connectivity index is 1.94. The van der Waals surface area contributed by atoms with Crippen molar-refractivity contribution in [2.75, 3.05) is 19.6 Å². The fourth-order valence-electron chi connectivity index (χ4n) is 4.87. The maximum Gasteiger partial charge on any atom is 0.0275 e. The molecule has 118 valence electrons. The summed E-state index contributed by atoms with van der Waals surface area (Å²) in [5.41, 5.74) is 0. The number of hydrogen-bond acceptors (Lipinski definition) is 2. The van der Waals surface area contributed by atoms with Crippen LogP contribution in [0, 0.1) is 17.8 Å². The SMILES string of the molecule is CCCC1CCN(C2C(C)CC(C)CC2NCC)CC1. The molecule has 0 amide bonds. The molecule has 1 heterocycles. The number of nitrogens with one attached hydrogen (secondary N) is 1. The molecule has 0 spiro atoms. The lowest BCUT2D eigenvalue weighted by molar-refractivity contribution is 0.0357. The van der Waals surface area contributed by atoms with E-state index in [9.17, 15) is 0 Å². The van der Waals surface area contributed by atoms with Crippen LogP contribution >= 0.6 is 0 Å². The van der Waals surface area contributed by atoms with Gasteiger partial charge in [-0.3, -0.25) is 4.90 Å². The summed E-state index contributed by atoms with van der Waals surface area (Å²) in [5, 5.41) is 3.79. The van der Waals surface area contributed by atoms with Gasteiger partial charge in [0.1, 0.15) is 0 Å². The Morgan fingerprint density at radius 3 is 2.35 bits per heavy atom. The van der Waals surface area contributed by atoms with E-state index in [1.165, 1.54) is 51.6 Å². The summed E-state index contributed by atoms with van der Waals surface area (Å²) < 4.78 is 0. The highest BCUT2D eigenvalue weighted by Gasteiger charge is 2.38. The Morgan fingerprint density at radius 2 is 1.75 bits per heavy atom. The van der Waals surface area contributed by atoms with Gasteiger partial charge >= 0.3 is 0 Å². The Kier molecular flexibility index (Phi) is 6.35. The zero-order chi connectivity index (χ0) is 14.5. The molecular formula is C18H36N2. The Hall–Kier alpha value is -0.0800. The van der Waals surface area contributed by atoms with Gasteiger partial charge < -0.3 is 5.32 Å². The Morgan fingerprint density at radius 1 is 1.05 bits per heavy atom. The van der Waals surface area contributed by atoms with Crippen LogP contribution in [0.1, 0.15) is 66.2 Å². The standard InChI is InChI=1S/C18H36N2/c1-5-7-16-8-10-20(11-9-16)18-15(4)12-14(3)13-17(18)19-6-2/h14-19H,5-13H2,1-4H3. The lowest BCUT2D eigenvalue weighted by Gasteiger charge is -2.48. The van der Waals surface area contributed by atoms with Crippen molar-refractivity contribution in [1.29, 1.82) is 0 Å². The molecular weight excluding hydrogens is 244 g/mol. The number of likely N-dealkylation sites (N-methyl/N-ethyl adjacent to an activating group) is 1. The van der Waals surface area contributed by atoms with E-state index >= 15 is 0 Å². The Labute approximate surface area is 126 Å². The van der Waals surface area contributed by atoms with Crippen LogP contribution in [0.2, 0.25) is 0 Å². The van der Waals surface area contributed by atoms with E-state index < -0.39 is 0 Å². The first-order chi connectivity index (χ1) is 9.65. The second-order valence-electron chi connectivity index (χ2n) is 7.48. The van der Waals surface area contributed by atoms with Gasteiger partial charge in [-0.05, 0) is 63.1 Å². The maximum absolute atomic E-state index is 3.79. The molecule has 1 saturated heterocycles. The molecule has 0 bridgehead atoms. The minimum atomic E-state index is 0.724. The predicted molar refractivity (Wildman–Crippen MR) is 88.0 cm³/mol. The fourth-order valence-corrected chi connectivity index (χ4v) is 4.87. The zero-order valence-electron chi connectivity index (χ0n) is 14.2. The predicted octanol–water partition coefficient (Wildman–Crippen LogP) is 3.91. The molecule has 1 N–H and O–H groups in total. The molecule has 2 heteroatoms. The van der Waals surface area contributed by atoms with Crippen LogP contribution in [0.15, 0.2) is 0 Å². The average Bonchev–Trinajstić information content (AvgIpc) is 2.40. The molecule has 2 nitrogen and oxygen atoms in total. The van der Waals surface area contributed by atoms with Crippen molar-refractivity contribution < 1.29 is 0 Å². The number of nitrogens with zero attached hydrogens (tertiary/aromatic N) is 1. The third-order valence-corrected chi connectivity index (χ3v) is 5.66. The van der Waals surface area contributed by atoms with E-state index in [4.69, 9.17) is 0 Å². The lowest BCUT2D eigenvalue weighted by atomic mass is 9.75. The molecule has 20 heavy (non-hydrogen) atoms. The smallest absolute Gasteiger partial charge is 0.0275 e. The molecule has 0 aromatic carbocycles. The van der Waals surface area contributed by atoms with Gasteiger partial charge in [0.05, 0.1) is 0 Å². The van der Waals surface area contributed by atoms with Gasteiger partial charge in [-0.15, -0.1) is 0 Å². The highest BCUT2D eigenvalue weighted by atomic mass is 15.2. The highest BCUT2D eigenvalue weighted by Crippen LogP contribution is 2.34. The summed E-state index contributed by atoms with van der Waals surface area (Å²) in [6, 6.07) is 1.51. The van der Waals surface area contributed by atoms with Crippen LogP contribution in [0.3, 0.4) is 0 Å². The summed E-state index contributed by atoms with van der Waals surface area (Å²) in [5.74, 6) is 2.75. The van der Waals surface area contributed by atoms with Crippen molar-refractivity contribution in [3.05, 3.63) is 0 Å².